The van der Waals surface area contributed by atoms with E-state index < -0.39 is 0 Å². The van der Waals surface area contributed by atoms with Crippen molar-refractivity contribution in [1.29, 1.82) is 0 Å². The number of phenols is 1. The molecule has 0 fully saturated rings. The molecule has 0 radical (unpaired) electrons. The predicted octanol–water partition coefficient (Wildman–Crippen LogP) is 1.56. The largest absolute Gasteiger partial charge is 0.508 e. The number of carbonyl (C=O) groups excluding carboxylic acids is 1. The van der Waals surface area contributed by atoms with Crippen molar-refractivity contribution in [2.24, 2.45) is 5.73 Å². The first-order valence-corrected chi connectivity index (χ1v) is 5.82. The predicted molar refractivity (Wildman–Crippen MR) is 66.1 cm³/mol. The molecule has 0 spiro atoms. The fraction of sp³-hybridized carbons (Fsp3) is 0.0909. The molecule has 0 bridgehead atoms. The minimum Gasteiger partial charge on any atom is -0.508 e. The molecule has 1 amide bonds. The molecule has 0 aliphatic heterocycles. The van der Waals surface area contributed by atoms with Gasteiger partial charge in [0.1, 0.15) is 16.5 Å². The summed E-state index contributed by atoms with van der Waals surface area (Å²) in [5.74, 6) is -0.131. The van der Waals surface area contributed by atoms with Crippen molar-refractivity contribution in [3.05, 3.63) is 40.3 Å². The Hall–Kier alpha value is -1.92. The van der Waals surface area contributed by atoms with Gasteiger partial charge in [0.2, 0.25) is 0 Å². The number of nitrogens with two attached hydrogens (primary N) is 1. The van der Waals surface area contributed by atoms with Gasteiger partial charge in [-0.1, -0.05) is 0 Å². The van der Waals surface area contributed by atoms with Crippen LogP contribution in [-0.2, 0) is 6.54 Å². The van der Waals surface area contributed by atoms with Gasteiger partial charge in [-0.3, -0.25) is 4.79 Å². The van der Waals surface area contributed by atoms with Crippen molar-refractivity contribution >= 4 is 22.9 Å². The van der Waals surface area contributed by atoms with E-state index in [0.717, 1.165) is 5.01 Å². The van der Waals surface area contributed by atoms with E-state index >= 15 is 0 Å². The molecule has 1 heterocycles. The van der Waals surface area contributed by atoms with Crippen molar-refractivity contribution in [3.8, 4) is 5.75 Å². The van der Waals surface area contributed by atoms with Gasteiger partial charge in [-0.05, 0) is 24.3 Å². The average molecular weight is 249 g/mol. The molecule has 2 aromatic rings. The Balaban J connectivity index is 2.08. The van der Waals surface area contributed by atoms with Gasteiger partial charge in [-0.15, -0.1) is 11.3 Å². The van der Waals surface area contributed by atoms with Gasteiger partial charge in [0.25, 0.3) is 5.91 Å². The fourth-order valence-electron chi connectivity index (χ4n) is 1.25. The summed E-state index contributed by atoms with van der Waals surface area (Å²) in [6.45, 7) is 0.331. The van der Waals surface area contributed by atoms with Gasteiger partial charge in [0.15, 0.2) is 0 Å². The van der Waals surface area contributed by atoms with Crippen LogP contribution in [0.15, 0.2) is 29.6 Å². The molecular weight excluding hydrogens is 238 g/mol. The van der Waals surface area contributed by atoms with Crippen LogP contribution in [0.25, 0.3) is 0 Å². The molecule has 2 rings (SSSR count). The summed E-state index contributed by atoms with van der Waals surface area (Å²) < 4.78 is 0. The van der Waals surface area contributed by atoms with E-state index in [9.17, 15) is 4.79 Å². The van der Waals surface area contributed by atoms with Crippen LogP contribution in [0.1, 0.15) is 15.5 Å². The van der Waals surface area contributed by atoms with Crippen LogP contribution in [0.2, 0.25) is 0 Å². The number of nitrogens with zero attached hydrogens (tertiary/aromatic N) is 1. The van der Waals surface area contributed by atoms with Crippen molar-refractivity contribution in [2.45, 2.75) is 6.54 Å². The Morgan fingerprint density at radius 3 is 2.71 bits per heavy atom. The van der Waals surface area contributed by atoms with Crippen LogP contribution in [0.3, 0.4) is 0 Å². The average Bonchev–Trinajstić information content (AvgIpc) is 2.81. The lowest BCUT2D eigenvalue weighted by atomic mass is 10.3. The van der Waals surface area contributed by atoms with Crippen LogP contribution in [0.5, 0.6) is 5.75 Å². The Morgan fingerprint density at radius 1 is 1.41 bits per heavy atom. The lowest BCUT2D eigenvalue weighted by Crippen LogP contribution is -2.12. The van der Waals surface area contributed by atoms with E-state index in [0.29, 0.717) is 17.9 Å². The Morgan fingerprint density at radius 2 is 2.12 bits per heavy atom. The van der Waals surface area contributed by atoms with Gasteiger partial charge in [-0.25, -0.2) is 4.98 Å². The van der Waals surface area contributed by atoms with Gasteiger partial charge in [0.05, 0.1) is 0 Å². The second kappa shape index (κ2) is 4.94. The van der Waals surface area contributed by atoms with Crippen LogP contribution in [0.4, 0.5) is 5.69 Å². The normalized spacial score (nSPS) is 10.2. The SMILES string of the molecule is NCc1nc(C(=O)Nc2ccc(O)cc2)cs1. The first kappa shape index (κ1) is 11.6. The molecule has 0 unspecified atom stereocenters. The molecule has 1 aromatic heterocycles. The zero-order chi connectivity index (χ0) is 12.3. The third-order valence-electron chi connectivity index (χ3n) is 2.08. The standard InChI is InChI=1S/C11H11N3O2S/c12-5-10-14-9(6-17-10)11(16)13-7-1-3-8(15)4-2-7/h1-4,6,15H,5,12H2,(H,13,16). The van der Waals surface area contributed by atoms with E-state index in [1.165, 1.54) is 23.5 Å². The second-order valence-corrected chi connectivity index (χ2v) is 4.27. The number of phenolic OH excluding ortho intramolecular Hbond substituents is 1. The van der Waals surface area contributed by atoms with Crippen molar-refractivity contribution in [3.63, 3.8) is 0 Å². The van der Waals surface area contributed by atoms with Gasteiger partial charge in [-0.2, -0.15) is 0 Å². The molecule has 0 saturated heterocycles. The zero-order valence-corrected chi connectivity index (χ0v) is 9.70. The number of nitrogens with one attached hydrogen (secondary N) is 1. The third-order valence-corrected chi connectivity index (χ3v) is 2.96. The number of hydrogen-bond acceptors (Lipinski definition) is 5. The van der Waals surface area contributed by atoms with E-state index in [1.54, 1.807) is 17.5 Å². The zero-order valence-electron chi connectivity index (χ0n) is 8.88. The Labute approximate surface area is 102 Å². The molecule has 0 atom stereocenters. The number of anilines is 1. The molecule has 0 aliphatic carbocycles. The second-order valence-electron chi connectivity index (χ2n) is 3.33. The number of aromatic hydroxyl groups is 1. The van der Waals surface area contributed by atoms with Crippen LogP contribution >= 0.6 is 11.3 Å². The van der Waals surface area contributed by atoms with E-state index in [1.807, 2.05) is 0 Å². The molecule has 5 nitrogen and oxygen atoms in total. The van der Waals surface area contributed by atoms with Gasteiger partial charge in [0, 0.05) is 17.6 Å². The molecule has 17 heavy (non-hydrogen) atoms. The van der Waals surface area contributed by atoms with E-state index in [-0.39, 0.29) is 11.7 Å². The number of hydrogen-bond donors (Lipinski definition) is 3. The van der Waals surface area contributed by atoms with Crippen LogP contribution in [0, 0.1) is 0 Å². The number of aromatic nitrogens is 1. The summed E-state index contributed by atoms with van der Waals surface area (Å²) in [6.07, 6.45) is 0. The van der Waals surface area contributed by atoms with Crippen LogP contribution in [-0.4, -0.2) is 16.0 Å². The number of thiazole rings is 1. The summed E-state index contributed by atoms with van der Waals surface area (Å²) >= 11 is 1.35. The van der Waals surface area contributed by atoms with Gasteiger partial charge >= 0.3 is 0 Å². The molecule has 4 N–H and O–H groups in total. The third kappa shape index (κ3) is 2.80. The van der Waals surface area contributed by atoms with Crippen LogP contribution < -0.4 is 11.1 Å². The number of carbonyl (C=O) groups is 1. The quantitative estimate of drug-likeness (QED) is 0.720. The molecule has 1 aromatic carbocycles. The molecule has 0 aliphatic rings. The highest BCUT2D eigenvalue weighted by Gasteiger charge is 2.10. The molecule has 0 saturated carbocycles. The van der Waals surface area contributed by atoms with E-state index in [4.69, 9.17) is 10.8 Å². The minimum absolute atomic E-state index is 0.155. The van der Waals surface area contributed by atoms with Crippen molar-refractivity contribution < 1.29 is 9.90 Å². The Bertz CT molecular complexity index is 522. The minimum atomic E-state index is -0.286. The number of amides is 1. The topological polar surface area (TPSA) is 88.2 Å². The summed E-state index contributed by atoms with van der Waals surface area (Å²) in [6, 6.07) is 6.23. The highest BCUT2D eigenvalue weighted by atomic mass is 32.1. The van der Waals surface area contributed by atoms with E-state index in [2.05, 4.69) is 10.3 Å². The monoisotopic (exact) mass is 249 g/mol. The first-order chi connectivity index (χ1) is 8.19. The summed E-state index contributed by atoms with van der Waals surface area (Å²) in [5.41, 5.74) is 6.38. The summed E-state index contributed by atoms with van der Waals surface area (Å²) in [4.78, 5) is 15.8. The molecule has 88 valence electrons. The maximum Gasteiger partial charge on any atom is 0.275 e. The lowest BCUT2D eigenvalue weighted by Gasteiger charge is -2.02. The maximum absolute atomic E-state index is 11.8. The number of rotatable bonds is 3. The smallest absolute Gasteiger partial charge is 0.275 e. The molecule has 6 heteroatoms. The Kier molecular flexibility index (Phi) is 3.36. The molecular formula is C11H11N3O2S. The van der Waals surface area contributed by atoms with Crippen molar-refractivity contribution in [2.75, 3.05) is 5.32 Å². The van der Waals surface area contributed by atoms with Crippen molar-refractivity contribution in [1.82, 2.24) is 4.98 Å². The summed E-state index contributed by atoms with van der Waals surface area (Å²) in [7, 11) is 0. The number of benzene rings is 1. The maximum atomic E-state index is 11.8. The fourth-order valence-corrected chi connectivity index (χ4v) is 1.90. The highest BCUT2D eigenvalue weighted by molar-refractivity contribution is 7.09. The first-order valence-electron chi connectivity index (χ1n) is 4.94. The lowest BCUT2D eigenvalue weighted by molar-refractivity contribution is 0.102. The highest BCUT2D eigenvalue weighted by Crippen LogP contribution is 2.15. The summed E-state index contributed by atoms with van der Waals surface area (Å²) in [5, 5.41) is 14.2. The van der Waals surface area contributed by atoms with Gasteiger partial charge < -0.3 is 16.2 Å².